The Bertz CT molecular complexity index is 284. The van der Waals surface area contributed by atoms with E-state index in [1.54, 1.807) is 0 Å². The van der Waals surface area contributed by atoms with Gasteiger partial charge < -0.3 is 0 Å². The molecule has 2 saturated carbocycles. The van der Waals surface area contributed by atoms with Gasteiger partial charge in [-0.2, -0.15) is 0 Å². The van der Waals surface area contributed by atoms with Gasteiger partial charge in [-0.05, 0) is 37.5 Å². The summed E-state index contributed by atoms with van der Waals surface area (Å²) in [5.74, 6) is 0.910. The molecule has 2 rings (SSSR count). The molecule has 2 aliphatic rings. The maximum Gasteiger partial charge on any atom is 0.136 e. The Morgan fingerprint density at radius 2 is 1.72 bits per heavy atom. The summed E-state index contributed by atoms with van der Waals surface area (Å²) >= 11 is 0. The molecule has 0 heterocycles. The van der Waals surface area contributed by atoms with E-state index in [-0.39, 0.29) is 5.41 Å². The Labute approximate surface area is 112 Å². The fourth-order valence-corrected chi connectivity index (χ4v) is 4.22. The van der Waals surface area contributed by atoms with Crippen LogP contribution in [0.4, 0.5) is 0 Å². The van der Waals surface area contributed by atoms with Crippen LogP contribution in [0.2, 0.25) is 0 Å². The molecule has 1 unspecified atom stereocenters. The molecule has 2 aliphatic carbocycles. The zero-order chi connectivity index (χ0) is 12.8. The van der Waals surface area contributed by atoms with E-state index in [1.165, 1.54) is 51.4 Å². The lowest BCUT2D eigenvalue weighted by Gasteiger charge is -2.39. The second-order valence-electron chi connectivity index (χ2n) is 6.39. The second-order valence-corrected chi connectivity index (χ2v) is 6.39. The molecule has 0 bridgehead atoms. The van der Waals surface area contributed by atoms with E-state index in [0.29, 0.717) is 11.7 Å². The molecule has 0 amide bonds. The zero-order valence-corrected chi connectivity index (χ0v) is 11.8. The van der Waals surface area contributed by atoms with Crippen molar-refractivity contribution in [3.05, 3.63) is 12.7 Å². The lowest BCUT2D eigenvalue weighted by atomic mass is 9.65. The van der Waals surface area contributed by atoms with E-state index in [0.717, 1.165) is 25.7 Å². The standard InChI is InChI=1S/C17H28O/c1-2-12-17(13-8-3-4-9-14-17)15-10-6-5-7-11-16(15)18/h2,15H,1,3-14H2. The molecule has 0 saturated heterocycles. The fraction of sp³-hybridized carbons (Fsp3) is 0.824. The highest BCUT2D eigenvalue weighted by Gasteiger charge is 2.41. The number of allylic oxidation sites excluding steroid dienone is 1. The van der Waals surface area contributed by atoms with Crippen LogP contribution in [0.15, 0.2) is 12.7 Å². The number of rotatable bonds is 3. The van der Waals surface area contributed by atoms with Crippen molar-refractivity contribution in [2.75, 3.05) is 0 Å². The third-order valence-corrected chi connectivity index (χ3v) is 5.19. The molecule has 0 aromatic carbocycles. The van der Waals surface area contributed by atoms with Gasteiger partial charge in [0.05, 0.1) is 0 Å². The monoisotopic (exact) mass is 248 g/mol. The molecule has 0 N–H and O–H groups in total. The topological polar surface area (TPSA) is 17.1 Å². The van der Waals surface area contributed by atoms with Crippen molar-refractivity contribution in [3.8, 4) is 0 Å². The van der Waals surface area contributed by atoms with Crippen molar-refractivity contribution in [2.45, 2.75) is 77.0 Å². The quantitative estimate of drug-likeness (QED) is 0.504. The Balaban J connectivity index is 2.19. The Morgan fingerprint density at radius 3 is 2.39 bits per heavy atom. The Kier molecular flexibility index (Phi) is 5.03. The summed E-state index contributed by atoms with van der Waals surface area (Å²) in [6.07, 6.45) is 16.6. The number of hydrogen-bond acceptors (Lipinski definition) is 1. The molecule has 0 aromatic rings. The molecule has 2 fully saturated rings. The van der Waals surface area contributed by atoms with Gasteiger partial charge in [0.2, 0.25) is 0 Å². The molecule has 0 spiro atoms. The summed E-state index contributed by atoms with van der Waals surface area (Å²) in [5, 5.41) is 0. The highest BCUT2D eigenvalue weighted by molar-refractivity contribution is 5.82. The van der Waals surface area contributed by atoms with Crippen LogP contribution >= 0.6 is 0 Å². The minimum Gasteiger partial charge on any atom is -0.299 e. The van der Waals surface area contributed by atoms with E-state index >= 15 is 0 Å². The highest BCUT2D eigenvalue weighted by atomic mass is 16.1. The van der Waals surface area contributed by atoms with E-state index in [1.807, 2.05) is 0 Å². The van der Waals surface area contributed by atoms with Gasteiger partial charge in [0, 0.05) is 12.3 Å². The molecule has 18 heavy (non-hydrogen) atoms. The lowest BCUT2D eigenvalue weighted by molar-refractivity contribution is -0.127. The molecule has 0 aliphatic heterocycles. The van der Waals surface area contributed by atoms with Crippen LogP contribution in [0, 0.1) is 11.3 Å². The van der Waals surface area contributed by atoms with Crippen LogP contribution in [-0.4, -0.2) is 5.78 Å². The summed E-state index contributed by atoms with van der Waals surface area (Å²) in [6, 6.07) is 0. The normalized spacial score (nSPS) is 29.3. The van der Waals surface area contributed by atoms with E-state index in [2.05, 4.69) is 12.7 Å². The van der Waals surface area contributed by atoms with Crippen molar-refractivity contribution in [1.82, 2.24) is 0 Å². The maximum atomic E-state index is 12.5. The van der Waals surface area contributed by atoms with Crippen molar-refractivity contribution in [1.29, 1.82) is 0 Å². The van der Waals surface area contributed by atoms with E-state index in [9.17, 15) is 4.79 Å². The molecule has 0 radical (unpaired) electrons. The molecular weight excluding hydrogens is 220 g/mol. The molecule has 102 valence electrons. The van der Waals surface area contributed by atoms with Crippen LogP contribution in [0.25, 0.3) is 0 Å². The largest absolute Gasteiger partial charge is 0.299 e. The van der Waals surface area contributed by atoms with Gasteiger partial charge in [-0.3, -0.25) is 4.79 Å². The van der Waals surface area contributed by atoms with Gasteiger partial charge in [0.15, 0.2) is 0 Å². The average molecular weight is 248 g/mol. The average Bonchev–Trinajstić information content (AvgIpc) is 2.71. The van der Waals surface area contributed by atoms with Crippen molar-refractivity contribution in [3.63, 3.8) is 0 Å². The van der Waals surface area contributed by atoms with Crippen molar-refractivity contribution >= 4 is 5.78 Å². The van der Waals surface area contributed by atoms with E-state index in [4.69, 9.17) is 0 Å². The minimum atomic E-state index is 0.277. The molecule has 1 nitrogen and oxygen atoms in total. The van der Waals surface area contributed by atoms with Crippen LogP contribution < -0.4 is 0 Å². The van der Waals surface area contributed by atoms with Crippen LogP contribution in [-0.2, 0) is 4.79 Å². The smallest absolute Gasteiger partial charge is 0.136 e. The van der Waals surface area contributed by atoms with Gasteiger partial charge in [-0.25, -0.2) is 0 Å². The predicted octanol–water partition coefficient (Wildman–Crippen LogP) is 5.05. The first-order valence-corrected chi connectivity index (χ1v) is 7.92. The summed E-state index contributed by atoms with van der Waals surface area (Å²) < 4.78 is 0. The van der Waals surface area contributed by atoms with Crippen molar-refractivity contribution < 1.29 is 4.79 Å². The van der Waals surface area contributed by atoms with Crippen molar-refractivity contribution in [2.24, 2.45) is 11.3 Å². The summed E-state index contributed by atoms with van der Waals surface area (Å²) in [4.78, 5) is 12.5. The highest BCUT2D eigenvalue weighted by Crippen LogP contribution is 2.48. The first-order chi connectivity index (χ1) is 8.78. The number of Topliss-reactive ketones (excluding diaryl/α,β-unsaturated/α-hetero) is 1. The number of hydrogen-bond donors (Lipinski definition) is 0. The third-order valence-electron chi connectivity index (χ3n) is 5.19. The fourth-order valence-electron chi connectivity index (χ4n) is 4.22. The van der Waals surface area contributed by atoms with Gasteiger partial charge in [0.25, 0.3) is 0 Å². The third kappa shape index (κ3) is 3.05. The van der Waals surface area contributed by atoms with E-state index < -0.39 is 0 Å². The van der Waals surface area contributed by atoms with Crippen LogP contribution in [0.5, 0.6) is 0 Å². The molecule has 0 aromatic heterocycles. The maximum absolute atomic E-state index is 12.5. The predicted molar refractivity (Wildman–Crippen MR) is 76.5 cm³/mol. The molecule has 1 atom stereocenters. The van der Waals surface area contributed by atoms with Crippen LogP contribution in [0.1, 0.15) is 77.0 Å². The summed E-state index contributed by atoms with van der Waals surface area (Å²) in [5.41, 5.74) is 0.277. The van der Waals surface area contributed by atoms with Gasteiger partial charge in [0.1, 0.15) is 5.78 Å². The number of carbonyl (C=O) groups is 1. The molecule has 1 heteroatoms. The molecular formula is C17H28O. The van der Waals surface area contributed by atoms with Gasteiger partial charge in [-0.1, -0.05) is 44.6 Å². The number of ketones is 1. The Morgan fingerprint density at radius 1 is 1.06 bits per heavy atom. The first-order valence-electron chi connectivity index (χ1n) is 7.92. The van der Waals surface area contributed by atoms with Gasteiger partial charge >= 0.3 is 0 Å². The second kappa shape index (κ2) is 6.54. The zero-order valence-electron chi connectivity index (χ0n) is 11.8. The number of carbonyl (C=O) groups excluding carboxylic acids is 1. The Hall–Kier alpha value is -0.590. The summed E-state index contributed by atoms with van der Waals surface area (Å²) in [7, 11) is 0. The lowest BCUT2D eigenvalue weighted by Crippen LogP contribution is -2.35. The SMILES string of the molecule is C=CCC1(C2CCCCCC2=O)CCCCCC1. The van der Waals surface area contributed by atoms with Crippen LogP contribution in [0.3, 0.4) is 0 Å². The first kappa shape index (κ1) is 13.8. The van der Waals surface area contributed by atoms with Gasteiger partial charge in [-0.15, -0.1) is 6.58 Å². The minimum absolute atomic E-state index is 0.277. The summed E-state index contributed by atoms with van der Waals surface area (Å²) in [6.45, 7) is 3.96.